The van der Waals surface area contributed by atoms with Crippen LogP contribution in [0.5, 0.6) is 0 Å². The van der Waals surface area contributed by atoms with Gasteiger partial charge >= 0.3 is 0 Å². The van der Waals surface area contributed by atoms with Crippen molar-refractivity contribution in [3.05, 3.63) is 11.1 Å². The third-order valence-corrected chi connectivity index (χ3v) is 5.36. The molecule has 1 unspecified atom stereocenters. The van der Waals surface area contributed by atoms with E-state index in [1.807, 2.05) is 37.8 Å². The third-order valence-electron chi connectivity index (χ3n) is 3.08. The number of nitrogens with zero attached hydrogens (tertiary/aromatic N) is 3. The Labute approximate surface area is 152 Å². The molecule has 2 heterocycles. The molecule has 0 aliphatic carbocycles. The minimum atomic E-state index is 0. The minimum Gasteiger partial charge on any atom is -0.354 e. The first kappa shape index (κ1) is 18.8. The standard InChI is InChI=1S/C13H23N5S2.HI/c1-14-12(16-10-5-4-6-19-8-10)15-7-11-9-20-13(17-11)18(2)3;/h9-10H,4-8H2,1-3H3,(H2,14,15,16);1H. The van der Waals surface area contributed by atoms with E-state index in [0.29, 0.717) is 12.6 Å². The van der Waals surface area contributed by atoms with E-state index in [-0.39, 0.29) is 24.0 Å². The maximum atomic E-state index is 4.56. The summed E-state index contributed by atoms with van der Waals surface area (Å²) in [5.41, 5.74) is 1.06. The number of thiazole rings is 1. The molecule has 1 aliphatic rings. The lowest BCUT2D eigenvalue weighted by molar-refractivity contribution is 0.581. The van der Waals surface area contributed by atoms with Crippen LogP contribution in [0.25, 0.3) is 0 Å². The van der Waals surface area contributed by atoms with E-state index in [2.05, 4.69) is 26.0 Å². The first-order chi connectivity index (χ1) is 9.69. The first-order valence-electron chi connectivity index (χ1n) is 6.85. The van der Waals surface area contributed by atoms with Crippen molar-refractivity contribution in [2.45, 2.75) is 25.4 Å². The van der Waals surface area contributed by atoms with Gasteiger partial charge in [0.05, 0.1) is 12.2 Å². The molecule has 0 bridgehead atoms. The highest BCUT2D eigenvalue weighted by Crippen LogP contribution is 2.18. The van der Waals surface area contributed by atoms with Gasteiger partial charge in [0.2, 0.25) is 0 Å². The Morgan fingerprint density at radius 2 is 2.33 bits per heavy atom. The monoisotopic (exact) mass is 441 g/mol. The lowest BCUT2D eigenvalue weighted by atomic mass is 10.2. The van der Waals surface area contributed by atoms with Crippen LogP contribution in [0.15, 0.2) is 10.4 Å². The number of hydrogen-bond donors (Lipinski definition) is 2. The summed E-state index contributed by atoms with van der Waals surface area (Å²) in [6.07, 6.45) is 2.52. The molecule has 1 aromatic rings. The van der Waals surface area contributed by atoms with Crippen molar-refractivity contribution in [1.82, 2.24) is 15.6 Å². The zero-order valence-corrected chi connectivity index (χ0v) is 16.7. The number of aromatic nitrogens is 1. The molecular formula is C13H24IN5S2. The summed E-state index contributed by atoms with van der Waals surface area (Å²) in [7, 11) is 5.84. The average molecular weight is 441 g/mol. The van der Waals surface area contributed by atoms with Gasteiger partial charge in [-0.05, 0) is 18.6 Å². The van der Waals surface area contributed by atoms with E-state index >= 15 is 0 Å². The highest BCUT2D eigenvalue weighted by Gasteiger charge is 2.14. The van der Waals surface area contributed by atoms with E-state index in [4.69, 9.17) is 0 Å². The zero-order valence-electron chi connectivity index (χ0n) is 12.8. The van der Waals surface area contributed by atoms with Gasteiger partial charge in [0.25, 0.3) is 0 Å². The molecule has 8 heteroatoms. The molecule has 120 valence electrons. The maximum absolute atomic E-state index is 4.56. The number of guanidine groups is 1. The van der Waals surface area contributed by atoms with Crippen LogP contribution in [0.2, 0.25) is 0 Å². The molecule has 1 atom stereocenters. The Kier molecular flexibility index (Phi) is 8.72. The third kappa shape index (κ3) is 6.19. The van der Waals surface area contributed by atoms with Crippen molar-refractivity contribution in [2.75, 3.05) is 37.5 Å². The zero-order chi connectivity index (χ0) is 14.4. The van der Waals surface area contributed by atoms with Crippen LogP contribution in [0.4, 0.5) is 5.13 Å². The number of hydrogen-bond acceptors (Lipinski definition) is 5. The van der Waals surface area contributed by atoms with E-state index in [9.17, 15) is 0 Å². The van der Waals surface area contributed by atoms with Crippen molar-refractivity contribution in [3.8, 4) is 0 Å². The summed E-state index contributed by atoms with van der Waals surface area (Å²) in [5.74, 6) is 3.33. The van der Waals surface area contributed by atoms with Crippen molar-refractivity contribution in [1.29, 1.82) is 0 Å². The first-order valence-corrected chi connectivity index (χ1v) is 8.89. The molecule has 0 radical (unpaired) electrons. The average Bonchev–Trinajstić information content (AvgIpc) is 2.93. The number of halogens is 1. The molecule has 2 N–H and O–H groups in total. The van der Waals surface area contributed by atoms with Gasteiger partial charge in [-0.15, -0.1) is 35.3 Å². The van der Waals surface area contributed by atoms with E-state index < -0.39 is 0 Å². The van der Waals surface area contributed by atoms with E-state index in [0.717, 1.165) is 16.8 Å². The number of thioether (sulfide) groups is 1. The summed E-state index contributed by atoms with van der Waals surface area (Å²) in [6.45, 7) is 0.712. The molecule has 0 amide bonds. The molecule has 5 nitrogen and oxygen atoms in total. The summed E-state index contributed by atoms with van der Waals surface area (Å²) in [4.78, 5) is 10.9. The lowest BCUT2D eigenvalue weighted by Gasteiger charge is -2.24. The Hall–Kier alpha value is -0.220. The smallest absolute Gasteiger partial charge is 0.191 e. The second kappa shape index (κ2) is 9.73. The second-order valence-corrected chi connectivity index (χ2v) is 6.99. The molecule has 0 saturated carbocycles. The molecule has 0 spiro atoms. The van der Waals surface area contributed by atoms with Crippen LogP contribution in [-0.4, -0.2) is 49.6 Å². The largest absolute Gasteiger partial charge is 0.354 e. The molecule has 2 rings (SSSR count). The molecule has 1 saturated heterocycles. The SMILES string of the molecule is CN=C(NCc1csc(N(C)C)n1)NC1CCCSC1.I. The van der Waals surface area contributed by atoms with Crippen LogP contribution in [0.3, 0.4) is 0 Å². The van der Waals surface area contributed by atoms with E-state index in [1.54, 1.807) is 11.3 Å². The van der Waals surface area contributed by atoms with Crippen LogP contribution >= 0.6 is 47.1 Å². The highest BCUT2D eigenvalue weighted by atomic mass is 127. The molecule has 21 heavy (non-hydrogen) atoms. The number of anilines is 1. The molecular weight excluding hydrogens is 417 g/mol. The lowest BCUT2D eigenvalue weighted by Crippen LogP contribution is -2.45. The predicted molar refractivity (Wildman–Crippen MR) is 106 cm³/mol. The fraction of sp³-hybridized carbons (Fsp3) is 0.692. The van der Waals surface area contributed by atoms with Crippen LogP contribution < -0.4 is 15.5 Å². The van der Waals surface area contributed by atoms with E-state index in [1.165, 1.54) is 24.3 Å². The summed E-state index contributed by atoms with van der Waals surface area (Å²) < 4.78 is 0. The summed E-state index contributed by atoms with van der Waals surface area (Å²) in [5, 5.41) is 9.95. The van der Waals surface area contributed by atoms with Crippen LogP contribution in [0.1, 0.15) is 18.5 Å². The van der Waals surface area contributed by atoms with Gasteiger partial charge in [0, 0.05) is 38.3 Å². The molecule has 0 aromatic carbocycles. The topological polar surface area (TPSA) is 52.6 Å². The molecule has 1 aromatic heterocycles. The predicted octanol–water partition coefficient (Wildman–Crippen LogP) is 2.39. The van der Waals surface area contributed by atoms with Gasteiger partial charge in [-0.3, -0.25) is 4.99 Å². The number of nitrogens with one attached hydrogen (secondary N) is 2. The van der Waals surface area contributed by atoms with Gasteiger partial charge in [-0.1, -0.05) is 0 Å². The minimum absolute atomic E-state index is 0. The number of rotatable bonds is 4. The Morgan fingerprint density at radius 3 is 2.90 bits per heavy atom. The van der Waals surface area contributed by atoms with Crippen molar-refractivity contribution in [3.63, 3.8) is 0 Å². The summed E-state index contributed by atoms with van der Waals surface area (Å²) >= 11 is 3.68. The number of aliphatic imine (C=N–C) groups is 1. The van der Waals surface area contributed by atoms with Gasteiger partial charge in [0.1, 0.15) is 0 Å². The quantitative estimate of drug-likeness (QED) is 0.427. The van der Waals surface area contributed by atoms with Gasteiger partial charge in [0.15, 0.2) is 11.1 Å². The van der Waals surface area contributed by atoms with Crippen molar-refractivity contribution < 1.29 is 0 Å². The Balaban J connectivity index is 0.00000220. The fourth-order valence-corrected chi connectivity index (χ4v) is 3.83. The highest BCUT2D eigenvalue weighted by molar-refractivity contribution is 14.0. The van der Waals surface area contributed by atoms with Gasteiger partial charge < -0.3 is 15.5 Å². The normalized spacial score (nSPS) is 18.8. The van der Waals surface area contributed by atoms with Gasteiger partial charge in [-0.2, -0.15) is 11.8 Å². The van der Waals surface area contributed by atoms with Gasteiger partial charge in [-0.25, -0.2) is 4.98 Å². The molecule has 1 aliphatic heterocycles. The summed E-state index contributed by atoms with van der Waals surface area (Å²) in [6, 6.07) is 0.535. The van der Waals surface area contributed by atoms with Crippen LogP contribution in [-0.2, 0) is 6.54 Å². The Bertz CT molecular complexity index is 444. The fourth-order valence-electron chi connectivity index (χ4n) is 2.00. The maximum Gasteiger partial charge on any atom is 0.191 e. The Morgan fingerprint density at radius 1 is 1.52 bits per heavy atom. The van der Waals surface area contributed by atoms with Crippen molar-refractivity contribution in [2.24, 2.45) is 4.99 Å². The second-order valence-electron chi connectivity index (χ2n) is 5.00. The molecule has 1 fully saturated rings. The van der Waals surface area contributed by atoms with Crippen molar-refractivity contribution >= 4 is 58.2 Å². The van der Waals surface area contributed by atoms with Crippen LogP contribution in [0, 0.1) is 0 Å².